The first-order chi connectivity index (χ1) is 12.0. The molecule has 2 heterocycles. The average molecular weight is 358 g/mol. The van der Waals surface area contributed by atoms with Gasteiger partial charge in [-0.3, -0.25) is 0 Å². The minimum Gasteiger partial charge on any atom is -0.338 e. The van der Waals surface area contributed by atoms with E-state index in [1.807, 2.05) is 26.0 Å². The highest BCUT2D eigenvalue weighted by Crippen LogP contribution is 2.25. The summed E-state index contributed by atoms with van der Waals surface area (Å²) in [5, 5.41) is 13.0. The summed E-state index contributed by atoms with van der Waals surface area (Å²) in [6.45, 7) is 6.33. The van der Waals surface area contributed by atoms with Crippen LogP contribution >= 0.6 is 11.3 Å². The number of benzene rings is 1. The van der Waals surface area contributed by atoms with Crippen LogP contribution in [-0.2, 0) is 6.42 Å². The molecule has 3 rings (SSSR count). The number of aromatic nitrogens is 2. The molecule has 2 aromatic heterocycles. The van der Waals surface area contributed by atoms with Gasteiger partial charge in [-0.15, -0.1) is 11.3 Å². The third-order valence-corrected chi connectivity index (χ3v) is 5.02. The van der Waals surface area contributed by atoms with E-state index in [9.17, 15) is 4.79 Å². The van der Waals surface area contributed by atoms with Gasteiger partial charge in [0.15, 0.2) is 5.82 Å². The van der Waals surface area contributed by atoms with E-state index in [1.54, 1.807) is 18.3 Å². The number of rotatable bonds is 6. The van der Waals surface area contributed by atoms with Crippen LogP contribution in [0.25, 0.3) is 10.1 Å². The SMILES string of the molecule is Cc1noc(C(NC(=O)NCCc2csc3ccccc23)C(C)C)n1. The van der Waals surface area contributed by atoms with Crippen LogP contribution in [0.3, 0.4) is 0 Å². The summed E-state index contributed by atoms with van der Waals surface area (Å²) in [6, 6.07) is 7.78. The van der Waals surface area contributed by atoms with Crippen LogP contribution in [0, 0.1) is 12.8 Å². The lowest BCUT2D eigenvalue weighted by atomic mass is 10.0. The molecule has 25 heavy (non-hydrogen) atoms. The van der Waals surface area contributed by atoms with Gasteiger partial charge < -0.3 is 15.2 Å². The van der Waals surface area contributed by atoms with Gasteiger partial charge in [-0.05, 0) is 41.7 Å². The Balaban J connectivity index is 1.55. The molecular weight excluding hydrogens is 336 g/mol. The molecule has 6 nitrogen and oxygen atoms in total. The van der Waals surface area contributed by atoms with Crippen LogP contribution in [0.4, 0.5) is 4.79 Å². The minimum absolute atomic E-state index is 0.145. The number of hydrogen-bond acceptors (Lipinski definition) is 5. The predicted molar refractivity (Wildman–Crippen MR) is 98.7 cm³/mol. The van der Waals surface area contributed by atoms with Crippen molar-refractivity contribution in [1.29, 1.82) is 0 Å². The number of carbonyl (C=O) groups excluding carboxylic acids is 1. The zero-order valence-corrected chi connectivity index (χ0v) is 15.4. The second-order valence-electron chi connectivity index (χ2n) is 6.31. The summed E-state index contributed by atoms with van der Waals surface area (Å²) >= 11 is 1.73. The third kappa shape index (κ3) is 4.17. The Morgan fingerprint density at radius 1 is 1.32 bits per heavy atom. The molecular formula is C18H22N4O2S. The molecule has 132 valence electrons. The number of carbonyl (C=O) groups is 1. The van der Waals surface area contributed by atoms with Crippen LogP contribution in [0.1, 0.15) is 37.2 Å². The van der Waals surface area contributed by atoms with E-state index < -0.39 is 0 Å². The van der Waals surface area contributed by atoms with Crippen molar-refractivity contribution in [3.8, 4) is 0 Å². The van der Waals surface area contributed by atoms with Crippen molar-refractivity contribution in [2.75, 3.05) is 6.54 Å². The number of urea groups is 1. The summed E-state index contributed by atoms with van der Waals surface area (Å²) in [7, 11) is 0. The van der Waals surface area contributed by atoms with Crippen molar-refractivity contribution < 1.29 is 9.32 Å². The van der Waals surface area contributed by atoms with Crippen LogP contribution in [0.15, 0.2) is 34.2 Å². The molecule has 0 radical (unpaired) electrons. The number of fused-ring (bicyclic) bond motifs is 1. The fourth-order valence-corrected chi connectivity index (χ4v) is 3.68. The maximum atomic E-state index is 12.2. The van der Waals surface area contributed by atoms with E-state index in [4.69, 9.17) is 4.52 Å². The molecule has 0 saturated carbocycles. The Morgan fingerprint density at radius 3 is 2.84 bits per heavy atom. The first kappa shape index (κ1) is 17.4. The van der Waals surface area contributed by atoms with Gasteiger partial charge in [0.05, 0.1) is 0 Å². The smallest absolute Gasteiger partial charge is 0.315 e. The van der Waals surface area contributed by atoms with Gasteiger partial charge in [0, 0.05) is 11.2 Å². The predicted octanol–water partition coefficient (Wildman–Crippen LogP) is 3.83. The lowest BCUT2D eigenvalue weighted by Gasteiger charge is -2.18. The maximum absolute atomic E-state index is 12.2. The molecule has 1 unspecified atom stereocenters. The van der Waals surface area contributed by atoms with Gasteiger partial charge in [0.1, 0.15) is 6.04 Å². The molecule has 0 fully saturated rings. The van der Waals surface area contributed by atoms with E-state index in [2.05, 4.69) is 38.3 Å². The van der Waals surface area contributed by atoms with Crippen molar-refractivity contribution in [2.24, 2.45) is 5.92 Å². The topological polar surface area (TPSA) is 80.0 Å². The fraction of sp³-hybridized carbons (Fsp3) is 0.389. The molecule has 0 bridgehead atoms. The number of aryl methyl sites for hydroxylation is 1. The molecule has 1 aromatic carbocycles. The van der Waals surface area contributed by atoms with E-state index >= 15 is 0 Å². The Labute approximate surface area is 150 Å². The Kier molecular flexibility index (Phi) is 5.33. The van der Waals surface area contributed by atoms with Crippen LogP contribution in [0.2, 0.25) is 0 Å². The second-order valence-corrected chi connectivity index (χ2v) is 7.22. The largest absolute Gasteiger partial charge is 0.338 e. The van der Waals surface area contributed by atoms with Gasteiger partial charge in [0.2, 0.25) is 5.89 Å². The van der Waals surface area contributed by atoms with Crippen LogP contribution in [0.5, 0.6) is 0 Å². The van der Waals surface area contributed by atoms with Gasteiger partial charge in [0.25, 0.3) is 0 Å². The molecule has 0 saturated heterocycles. The Bertz CT molecular complexity index is 856. The van der Waals surface area contributed by atoms with Gasteiger partial charge in [-0.2, -0.15) is 4.98 Å². The summed E-state index contributed by atoms with van der Waals surface area (Å²) in [6.07, 6.45) is 0.795. The van der Waals surface area contributed by atoms with Crippen LogP contribution < -0.4 is 10.6 Å². The highest BCUT2D eigenvalue weighted by molar-refractivity contribution is 7.17. The average Bonchev–Trinajstić information content (AvgIpc) is 3.19. The van der Waals surface area contributed by atoms with Gasteiger partial charge >= 0.3 is 6.03 Å². The van der Waals surface area contributed by atoms with E-state index in [-0.39, 0.29) is 18.0 Å². The number of thiophene rings is 1. The molecule has 3 aromatic rings. The fourth-order valence-electron chi connectivity index (χ4n) is 2.68. The zero-order valence-electron chi connectivity index (χ0n) is 14.6. The van der Waals surface area contributed by atoms with Crippen LogP contribution in [-0.4, -0.2) is 22.7 Å². The first-order valence-corrected chi connectivity index (χ1v) is 9.22. The summed E-state index contributed by atoms with van der Waals surface area (Å²) in [5.41, 5.74) is 1.26. The van der Waals surface area contributed by atoms with Crippen molar-refractivity contribution >= 4 is 27.5 Å². The van der Waals surface area contributed by atoms with Gasteiger partial charge in [-0.25, -0.2) is 4.79 Å². The molecule has 1 atom stereocenters. The molecule has 0 aliphatic heterocycles. The van der Waals surface area contributed by atoms with Crippen molar-refractivity contribution in [3.05, 3.63) is 46.9 Å². The lowest BCUT2D eigenvalue weighted by Crippen LogP contribution is -2.40. The standard InChI is InChI=1S/C18H22N4O2S/c1-11(2)16(17-20-12(3)22-24-17)21-18(23)19-9-8-13-10-25-15-7-5-4-6-14(13)15/h4-7,10-11,16H,8-9H2,1-3H3,(H2,19,21,23). The summed E-state index contributed by atoms with van der Waals surface area (Å²) < 4.78 is 6.47. The molecule has 2 N–H and O–H groups in total. The Morgan fingerprint density at radius 2 is 2.12 bits per heavy atom. The highest BCUT2D eigenvalue weighted by atomic mass is 32.1. The van der Waals surface area contributed by atoms with Crippen molar-refractivity contribution in [3.63, 3.8) is 0 Å². The van der Waals surface area contributed by atoms with E-state index in [1.165, 1.54) is 15.6 Å². The lowest BCUT2D eigenvalue weighted by molar-refractivity contribution is 0.225. The minimum atomic E-state index is -0.303. The number of amides is 2. The highest BCUT2D eigenvalue weighted by Gasteiger charge is 2.23. The monoisotopic (exact) mass is 358 g/mol. The number of nitrogens with zero attached hydrogens (tertiary/aromatic N) is 2. The normalized spacial score (nSPS) is 12.5. The van der Waals surface area contributed by atoms with E-state index in [0.29, 0.717) is 18.3 Å². The molecule has 7 heteroatoms. The zero-order chi connectivity index (χ0) is 17.8. The summed E-state index contributed by atoms with van der Waals surface area (Å²) in [4.78, 5) is 16.4. The third-order valence-electron chi connectivity index (χ3n) is 4.00. The number of nitrogens with one attached hydrogen (secondary N) is 2. The maximum Gasteiger partial charge on any atom is 0.315 e. The van der Waals surface area contributed by atoms with Gasteiger partial charge in [-0.1, -0.05) is 37.2 Å². The first-order valence-electron chi connectivity index (χ1n) is 8.34. The van der Waals surface area contributed by atoms with Crippen molar-refractivity contribution in [2.45, 2.75) is 33.2 Å². The number of hydrogen-bond donors (Lipinski definition) is 2. The Hall–Kier alpha value is -2.41. The molecule has 0 aliphatic carbocycles. The quantitative estimate of drug-likeness (QED) is 0.702. The van der Waals surface area contributed by atoms with E-state index in [0.717, 1.165) is 6.42 Å². The second kappa shape index (κ2) is 7.65. The summed E-state index contributed by atoms with van der Waals surface area (Å²) in [5.74, 6) is 1.14. The van der Waals surface area contributed by atoms with Crippen molar-refractivity contribution in [1.82, 2.24) is 20.8 Å². The molecule has 0 spiro atoms. The molecule has 0 aliphatic rings. The molecule has 2 amide bonds.